The third-order valence-corrected chi connectivity index (χ3v) is 2.63. The minimum Gasteiger partial charge on any atom is -0.396 e. The predicted molar refractivity (Wildman–Crippen MR) is 42.5 cm³/mol. The van der Waals surface area contributed by atoms with Crippen molar-refractivity contribution in [3.05, 3.63) is 6.92 Å². The van der Waals surface area contributed by atoms with Crippen LogP contribution in [0.5, 0.6) is 0 Å². The highest BCUT2D eigenvalue weighted by Crippen LogP contribution is 2.29. The largest absolute Gasteiger partial charge is 0.396 e. The summed E-state index contributed by atoms with van der Waals surface area (Å²) in [4.78, 5) is 0. The van der Waals surface area contributed by atoms with Gasteiger partial charge in [-0.25, -0.2) is 0 Å². The van der Waals surface area contributed by atoms with Gasteiger partial charge in [0, 0.05) is 6.61 Å². The summed E-state index contributed by atoms with van der Waals surface area (Å²) in [5.41, 5.74) is 0. The maximum atomic E-state index is 8.83. The molecule has 0 aromatic heterocycles. The summed E-state index contributed by atoms with van der Waals surface area (Å²) >= 11 is 0. The lowest BCUT2D eigenvalue weighted by Gasteiger charge is -2.25. The van der Waals surface area contributed by atoms with Crippen LogP contribution >= 0.6 is 0 Å². The standard InChI is InChI=1S/C9H17O/c1-2-8-3-5-9(7-10)6-4-8/h8-10H,1-7H2. The molecule has 0 aliphatic heterocycles. The molecule has 1 radical (unpaired) electrons. The van der Waals surface area contributed by atoms with Crippen molar-refractivity contribution in [3.63, 3.8) is 0 Å². The molecular formula is C9H17O. The fraction of sp³-hybridized carbons (Fsp3) is 0.889. The van der Waals surface area contributed by atoms with Crippen LogP contribution in [0.25, 0.3) is 0 Å². The molecule has 10 heavy (non-hydrogen) atoms. The normalized spacial score (nSPS) is 34.2. The smallest absolute Gasteiger partial charge is 0.0459 e. The lowest BCUT2D eigenvalue weighted by atomic mass is 9.81. The zero-order valence-corrected chi connectivity index (χ0v) is 6.55. The molecule has 59 valence electrons. The van der Waals surface area contributed by atoms with Crippen molar-refractivity contribution < 1.29 is 5.11 Å². The van der Waals surface area contributed by atoms with Gasteiger partial charge < -0.3 is 5.11 Å². The van der Waals surface area contributed by atoms with Crippen LogP contribution in [0.4, 0.5) is 0 Å². The van der Waals surface area contributed by atoms with Crippen LogP contribution < -0.4 is 0 Å². The van der Waals surface area contributed by atoms with Crippen molar-refractivity contribution in [1.82, 2.24) is 0 Å². The highest BCUT2D eigenvalue weighted by molar-refractivity contribution is 4.72. The van der Waals surface area contributed by atoms with Gasteiger partial charge in [-0.15, -0.1) is 0 Å². The molecule has 1 N–H and O–H groups in total. The first-order chi connectivity index (χ1) is 4.86. The Labute approximate surface area is 63.4 Å². The molecule has 0 amide bonds. The third-order valence-electron chi connectivity index (χ3n) is 2.63. The van der Waals surface area contributed by atoms with Crippen LogP contribution in [0.1, 0.15) is 32.1 Å². The summed E-state index contributed by atoms with van der Waals surface area (Å²) < 4.78 is 0. The molecule has 1 fully saturated rings. The van der Waals surface area contributed by atoms with E-state index in [-0.39, 0.29) is 0 Å². The maximum Gasteiger partial charge on any atom is 0.0459 e. The number of aliphatic hydroxyl groups excluding tert-OH is 1. The average molecular weight is 141 g/mol. The minimum atomic E-state index is 0.393. The van der Waals surface area contributed by atoms with Gasteiger partial charge in [0.1, 0.15) is 0 Å². The van der Waals surface area contributed by atoms with E-state index >= 15 is 0 Å². The van der Waals surface area contributed by atoms with E-state index in [9.17, 15) is 0 Å². The van der Waals surface area contributed by atoms with Gasteiger partial charge in [0.2, 0.25) is 0 Å². The van der Waals surface area contributed by atoms with Gasteiger partial charge in [-0.2, -0.15) is 0 Å². The summed E-state index contributed by atoms with van der Waals surface area (Å²) in [5.74, 6) is 1.45. The van der Waals surface area contributed by atoms with Crippen LogP contribution in [-0.4, -0.2) is 11.7 Å². The van der Waals surface area contributed by atoms with Crippen LogP contribution in [0, 0.1) is 18.8 Å². The van der Waals surface area contributed by atoms with Crippen LogP contribution in [0.3, 0.4) is 0 Å². The second-order valence-corrected chi connectivity index (χ2v) is 3.36. The van der Waals surface area contributed by atoms with Crippen molar-refractivity contribution in [1.29, 1.82) is 0 Å². The Morgan fingerprint density at radius 1 is 1.10 bits per heavy atom. The minimum absolute atomic E-state index is 0.393. The number of hydrogen-bond donors (Lipinski definition) is 1. The molecule has 1 rings (SSSR count). The van der Waals surface area contributed by atoms with Gasteiger partial charge in [-0.05, 0) is 24.7 Å². The Hall–Kier alpha value is -0.0400. The summed E-state index contributed by atoms with van der Waals surface area (Å²) in [7, 11) is 0. The highest BCUT2D eigenvalue weighted by atomic mass is 16.3. The molecule has 1 aliphatic rings. The average Bonchev–Trinajstić information content (AvgIpc) is 2.05. The van der Waals surface area contributed by atoms with Gasteiger partial charge in [-0.3, -0.25) is 0 Å². The van der Waals surface area contributed by atoms with Gasteiger partial charge in [0.05, 0.1) is 0 Å². The lowest BCUT2D eigenvalue weighted by molar-refractivity contribution is 0.168. The van der Waals surface area contributed by atoms with E-state index in [4.69, 9.17) is 5.11 Å². The molecule has 0 unspecified atom stereocenters. The molecule has 0 aromatic carbocycles. The molecular weight excluding hydrogens is 124 g/mol. The molecule has 1 heteroatoms. The van der Waals surface area contributed by atoms with Gasteiger partial charge in [-0.1, -0.05) is 26.2 Å². The van der Waals surface area contributed by atoms with Crippen LogP contribution in [0.2, 0.25) is 0 Å². The molecule has 0 saturated heterocycles. The molecule has 0 spiro atoms. The summed E-state index contributed by atoms with van der Waals surface area (Å²) in [6.45, 7) is 4.29. The predicted octanol–water partition coefficient (Wildman–Crippen LogP) is 2.01. The van der Waals surface area contributed by atoms with Gasteiger partial charge >= 0.3 is 0 Å². The summed E-state index contributed by atoms with van der Waals surface area (Å²) in [5, 5.41) is 8.83. The Morgan fingerprint density at radius 2 is 1.60 bits per heavy atom. The Balaban J connectivity index is 2.17. The first kappa shape index (κ1) is 8.06. The molecule has 0 bridgehead atoms. The number of hydrogen-bond acceptors (Lipinski definition) is 1. The quantitative estimate of drug-likeness (QED) is 0.623. The van der Waals surface area contributed by atoms with Crippen molar-refractivity contribution >= 4 is 0 Å². The molecule has 0 heterocycles. The number of aliphatic hydroxyl groups is 1. The van der Waals surface area contributed by atoms with Gasteiger partial charge in [0.15, 0.2) is 0 Å². The zero-order chi connectivity index (χ0) is 7.40. The summed E-state index contributed by atoms with van der Waals surface area (Å²) in [6.07, 6.45) is 6.09. The van der Waals surface area contributed by atoms with E-state index in [1.807, 2.05) is 0 Å². The van der Waals surface area contributed by atoms with E-state index in [1.165, 1.54) is 25.7 Å². The molecule has 0 atom stereocenters. The first-order valence-electron chi connectivity index (χ1n) is 4.27. The molecule has 1 saturated carbocycles. The van der Waals surface area contributed by atoms with Crippen molar-refractivity contribution in [3.8, 4) is 0 Å². The second kappa shape index (κ2) is 3.97. The van der Waals surface area contributed by atoms with Crippen molar-refractivity contribution in [2.45, 2.75) is 32.1 Å². The number of rotatable bonds is 2. The van der Waals surface area contributed by atoms with E-state index < -0.39 is 0 Å². The Kier molecular flexibility index (Phi) is 3.20. The second-order valence-electron chi connectivity index (χ2n) is 3.36. The monoisotopic (exact) mass is 141 g/mol. The zero-order valence-electron chi connectivity index (χ0n) is 6.55. The topological polar surface area (TPSA) is 20.2 Å². The first-order valence-corrected chi connectivity index (χ1v) is 4.27. The van der Waals surface area contributed by atoms with Crippen LogP contribution in [0.15, 0.2) is 0 Å². The fourth-order valence-corrected chi connectivity index (χ4v) is 1.70. The third kappa shape index (κ3) is 1.98. The van der Waals surface area contributed by atoms with Gasteiger partial charge in [0.25, 0.3) is 0 Å². The molecule has 1 nitrogen and oxygen atoms in total. The van der Waals surface area contributed by atoms with Crippen molar-refractivity contribution in [2.75, 3.05) is 6.61 Å². The van der Waals surface area contributed by atoms with E-state index in [1.54, 1.807) is 0 Å². The summed E-state index contributed by atoms with van der Waals surface area (Å²) in [6, 6.07) is 0. The molecule has 1 aliphatic carbocycles. The van der Waals surface area contributed by atoms with Crippen LogP contribution in [-0.2, 0) is 0 Å². The molecule has 0 aromatic rings. The Bertz CT molecular complexity index is 70.7. The van der Waals surface area contributed by atoms with E-state index in [0.29, 0.717) is 12.5 Å². The fourth-order valence-electron chi connectivity index (χ4n) is 1.70. The Morgan fingerprint density at radius 3 is 2.00 bits per heavy atom. The van der Waals surface area contributed by atoms with E-state index in [2.05, 4.69) is 6.92 Å². The lowest BCUT2D eigenvalue weighted by Crippen LogP contribution is -2.16. The van der Waals surface area contributed by atoms with Crippen molar-refractivity contribution in [2.24, 2.45) is 11.8 Å². The highest BCUT2D eigenvalue weighted by Gasteiger charge is 2.18. The van der Waals surface area contributed by atoms with E-state index in [0.717, 1.165) is 12.3 Å². The SMILES string of the molecule is [CH2]CC1CCC(CO)CC1. The maximum absolute atomic E-state index is 8.83.